The monoisotopic (exact) mass is 294 g/mol. The van der Waals surface area contributed by atoms with E-state index in [1.807, 2.05) is 0 Å². The lowest BCUT2D eigenvalue weighted by molar-refractivity contribution is 0.0953. The Kier molecular flexibility index (Phi) is 5.97. The van der Waals surface area contributed by atoms with Crippen LogP contribution >= 0.6 is 0 Å². The number of ether oxygens (including phenoxy) is 1. The lowest BCUT2D eigenvalue weighted by atomic mass is 9.82. The average Bonchev–Trinajstić information content (AvgIpc) is 2.41. The van der Waals surface area contributed by atoms with Gasteiger partial charge >= 0.3 is 0 Å². The van der Waals surface area contributed by atoms with Crippen LogP contribution in [0.25, 0.3) is 0 Å². The SMILES string of the molecule is CCCNCc1cc(F)cnc1OC1CC(C)CC(C)C1. The van der Waals surface area contributed by atoms with Crippen molar-refractivity contribution < 1.29 is 9.13 Å². The van der Waals surface area contributed by atoms with Crippen molar-refractivity contribution >= 4 is 0 Å². The molecule has 1 aromatic rings. The highest BCUT2D eigenvalue weighted by atomic mass is 19.1. The fourth-order valence-electron chi connectivity index (χ4n) is 3.23. The Morgan fingerprint density at radius 1 is 1.29 bits per heavy atom. The Hall–Kier alpha value is -1.16. The van der Waals surface area contributed by atoms with Gasteiger partial charge in [-0.2, -0.15) is 0 Å². The van der Waals surface area contributed by atoms with Gasteiger partial charge in [-0.1, -0.05) is 20.8 Å². The second-order valence-corrected chi connectivity index (χ2v) is 6.45. The zero-order valence-corrected chi connectivity index (χ0v) is 13.4. The van der Waals surface area contributed by atoms with E-state index in [4.69, 9.17) is 4.74 Å². The molecule has 0 saturated heterocycles. The zero-order valence-electron chi connectivity index (χ0n) is 13.4. The number of nitrogens with one attached hydrogen (secondary N) is 1. The van der Waals surface area contributed by atoms with Gasteiger partial charge in [0.15, 0.2) is 0 Å². The van der Waals surface area contributed by atoms with Crippen LogP contribution < -0.4 is 10.1 Å². The van der Waals surface area contributed by atoms with E-state index in [1.165, 1.54) is 18.7 Å². The molecule has 4 heteroatoms. The van der Waals surface area contributed by atoms with E-state index in [-0.39, 0.29) is 11.9 Å². The summed E-state index contributed by atoms with van der Waals surface area (Å²) < 4.78 is 19.5. The summed E-state index contributed by atoms with van der Waals surface area (Å²) in [6.07, 6.45) is 5.88. The van der Waals surface area contributed by atoms with Crippen molar-refractivity contribution in [2.24, 2.45) is 11.8 Å². The highest BCUT2D eigenvalue weighted by Crippen LogP contribution is 2.31. The molecule has 1 aliphatic rings. The van der Waals surface area contributed by atoms with Gasteiger partial charge in [0.25, 0.3) is 0 Å². The molecule has 0 spiro atoms. The number of pyridine rings is 1. The molecule has 2 rings (SSSR count). The molecule has 1 aromatic heterocycles. The minimum absolute atomic E-state index is 0.201. The molecule has 1 aliphatic carbocycles. The molecule has 3 nitrogen and oxygen atoms in total. The topological polar surface area (TPSA) is 34.2 Å². The molecule has 0 bridgehead atoms. The first-order valence-electron chi connectivity index (χ1n) is 8.10. The maximum atomic E-state index is 13.4. The first-order valence-corrected chi connectivity index (χ1v) is 8.10. The summed E-state index contributed by atoms with van der Waals surface area (Å²) in [5.41, 5.74) is 0.814. The molecule has 118 valence electrons. The first-order chi connectivity index (χ1) is 10.1. The number of hydrogen-bond acceptors (Lipinski definition) is 3. The normalized spacial score (nSPS) is 25.8. The molecule has 2 unspecified atom stereocenters. The van der Waals surface area contributed by atoms with Gasteiger partial charge in [-0.05, 0) is 50.1 Å². The van der Waals surface area contributed by atoms with E-state index < -0.39 is 0 Å². The smallest absolute Gasteiger partial charge is 0.218 e. The van der Waals surface area contributed by atoms with E-state index in [9.17, 15) is 4.39 Å². The maximum Gasteiger partial charge on any atom is 0.218 e. The predicted octanol–water partition coefficient (Wildman–Crippen LogP) is 3.92. The lowest BCUT2D eigenvalue weighted by Crippen LogP contribution is -2.29. The highest BCUT2D eigenvalue weighted by Gasteiger charge is 2.26. The van der Waals surface area contributed by atoms with Crippen LogP contribution in [0.5, 0.6) is 5.88 Å². The molecular weight excluding hydrogens is 267 g/mol. The fourth-order valence-corrected chi connectivity index (χ4v) is 3.23. The molecule has 1 heterocycles. The third-order valence-corrected chi connectivity index (χ3v) is 4.05. The number of aromatic nitrogens is 1. The van der Waals surface area contributed by atoms with Crippen LogP contribution in [0, 0.1) is 17.7 Å². The van der Waals surface area contributed by atoms with Gasteiger partial charge in [-0.15, -0.1) is 0 Å². The summed E-state index contributed by atoms with van der Waals surface area (Å²) in [7, 11) is 0. The third-order valence-electron chi connectivity index (χ3n) is 4.05. The molecule has 2 atom stereocenters. The number of nitrogens with zero attached hydrogens (tertiary/aromatic N) is 1. The van der Waals surface area contributed by atoms with E-state index in [0.717, 1.165) is 31.4 Å². The van der Waals surface area contributed by atoms with Crippen molar-refractivity contribution in [3.8, 4) is 5.88 Å². The summed E-state index contributed by atoms with van der Waals surface area (Å²) in [4.78, 5) is 4.16. The number of hydrogen-bond donors (Lipinski definition) is 1. The lowest BCUT2D eigenvalue weighted by Gasteiger charge is -2.31. The van der Waals surface area contributed by atoms with Crippen LogP contribution in [-0.2, 0) is 6.54 Å². The van der Waals surface area contributed by atoms with E-state index >= 15 is 0 Å². The van der Waals surface area contributed by atoms with Crippen LogP contribution in [0.4, 0.5) is 4.39 Å². The van der Waals surface area contributed by atoms with Gasteiger partial charge in [0, 0.05) is 12.1 Å². The maximum absolute atomic E-state index is 13.4. The zero-order chi connectivity index (χ0) is 15.2. The first kappa shape index (κ1) is 16.2. The van der Waals surface area contributed by atoms with Crippen molar-refractivity contribution in [3.63, 3.8) is 0 Å². The standard InChI is InChI=1S/C17H27FN2O/c1-4-5-19-10-14-9-15(18)11-20-17(14)21-16-7-12(2)6-13(3)8-16/h9,11-13,16,19H,4-8,10H2,1-3H3. The molecule has 0 amide bonds. The Morgan fingerprint density at radius 2 is 2.00 bits per heavy atom. The second-order valence-electron chi connectivity index (χ2n) is 6.45. The third kappa shape index (κ3) is 4.95. The van der Waals surface area contributed by atoms with Crippen LogP contribution in [0.2, 0.25) is 0 Å². The Balaban J connectivity index is 2.04. The predicted molar refractivity (Wildman–Crippen MR) is 82.8 cm³/mol. The highest BCUT2D eigenvalue weighted by molar-refractivity contribution is 5.26. The molecule has 0 radical (unpaired) electrons. The molecule has 1 saturated carbocycles. The molecule has 21 heavy (non-hydrogen) atoms. The van der Waals surface area contributed by atoms with E-state index in [1.54, 1.807) is 0 Å². The van der Waals surface area contributed by atoms with Crippen molar-refractivity contribution in [2.45, 2.75) is 59.1 Å². The summed E-state index contributed by atoms with van der Waals surface area (Å²) in [6, 6.07) is 1.53. The quantitative estimate of drug-likeness (QED) is 0.807. The van der Waals surface area contributed by atoms with Gasteiger partial charge in [0.2, 0.25) is 5.88 Å². The van der Waals surface area contributed by atoms with Gasteiger partial charge in [-0.25, -0.2) is 9.37 Å². The fraction of sp³-hybridized carbons (Fsp3) is 0.706. The van der Waals surface area contributed by atoms with Crippen molar-refractivity contribution in [1.29, 1.82) is 0 Å². The minimum atomic E-state index is -0.305. The van der Waals surface area contributed by atoms with Crippen molar-refractivity contribution in [3.05, 3.63) is 23.6 Å². The van der Waals surface area contributed by atoms with Crippen LogP contribution in [0.3, 0.4) is 0 Å². The van der Waals surface area contributed by atoms with Gasteiger partial charge < -0.3 is 10.1 Å². The Morgan fingerprint density at radius 3 is 2.67 bits per heavy atom. The van der Waals surface area contributed by atoms with Gasteiger partial charge in [-0.3, -0.25) is 0 Å². The molecule has 0 aliphatic heterocycles. The van der Waals surface area contributed by atoms with Gasteiger partial charge in [0.1, 0.15) is 11.9 Å². The van der Waals surface area contributed by atoms with Crippen LogP contribution in [-0.4, -0.2) is 17.6 Å². The Labute approximate surface area is 127 Å². The Bertz CT molecular complexity index is 442. The van der Waals surface area contributed by atoms with E-state index in [2.05, 4.69) is 31.1 Å². The largest absolute Gasteiger partial charge is 0.474 e. The summed E-state index contributed by atoms with van der Waals surface area (Å²) in [5, 5.41) is 3.29. The van der Waals surface area contributed by atoms with Crippen LogP contribution in [0.15, 0.2) is 12.3 Å². The van der Waals surface area contributed by atoms with E-state index in [0.29, 0.717) is 24.3 Å². The average molecular weight is 294 g/mol. The molecular formula is C17H27FN2O. The molecule has 0 aromatic carbocycles. The minimum Gasteiger partial charge on any atom is -0.474 e. The number of halogens is 1. The molecule has 1 fully saturated rings. The van der Waals surface area contributed by atoms with Crippen molar-refractivity contribution in [1.82, 2.24) is 10.3 Å². The number of rotatable bonds is 6. The van der Waals surface area contributed by atoms with Crippen LogP contribution in [0.1, 0.15) is 52.0 Å². The van der Waals surface area contributed by atoms with Crippen molar-refractivity contribution in [2.75, 3.05) is 6.54 Å². The van der Waals surface area contributed by atoms with Gasteiger partial charge in [0.05, 0.1) is 6.20 Å². The summed E-state index contributed by atoms with van der Waals surface area (Å²) >= 11 is 0. The molecule has 1 N–H and O–H groups in total. The summed E-state index contributed by atoms with van der Waals surface area (Å²) in [6.45, 7) is 8.17. The summed E-state index contributed by atoms with van der Waals surface area (Å²) in [5.74, 6) is 1.65. The second kappa shape index (κ2) is 7.74.